The van der Waals surface area contributed by atoms with Crippen molar-refractivity contribution >= 4 is 16.8 Å². The van der Waals surface area contributed by atoms with Crippen LogP contribution in [-0.2, 0) is 11.8 Å². The van der Waals surface area contributed by atoms with Gasteiger partial charge in [-0.25, -0.2) is 4.68 Å². The Bertz CT molecular complexity index is 592. The first kappa shape index (κ1) is 13.4. The van der Waals surface area contributed by atoms with Crippen LogP contribution in [0.4, 0.5) is 0 Å². The number of hydrogen-bond acceptors (Lipinski definition) is 4. The molecule has 0 saturated heterocycles. The third-order valence-electron chi connectivity index (χ3n) is 2.83. The standard InChI is InChI=1S/C13H17N3O3/c1-16-13(19-3)10-5-4-9(8-11(10)15-16)12(17)14-6-7-18-2/h4-5,8H,6-7H2,1-3H3,(H,14,17). The average molecular weight is 263 g/mol. The number of nitrogens with zero attached hydrogens (tertiary/aromatic N) is 2. The largest absolute Gasteiger partial charge is 0.481 e. The minimum absolute atomic E-state index is 0.136. The summed E-state index contributed by atoms with van der Waals surface area (Å²) in [6, 6.07) is 5.35. The predicted molar refractivity (Wildman–Crippen MR) is 71.5 cm³/mol. The number of benzene rings is 1. The number of ether oxygens (including phenoxy) is 2. The van der Waals surface area contributed by atoms with Crippen LogP contribution in [0.25, 0.3) is 10.9 Å². The Hall–Kier alpha value is -2.08. The molecule has 0 fully saturated rings. The highest BCUT2D eigenvalue weighted by atomic mass is 16.5. The zero-order chi connectivity index (χ0) is 13.8. The van der Waals surface area contributed by atoms with E-state index in [1.807, 2.05) is 6.07 Å². The summed E-state index contributed by atoms with van der Waals surface area (Å²) < 4.78 is 11.8. The fourth-order valence-electron chi connectivity index (χ4n) is 1.93. The molecule has 19 heavy (non-hydrogen) atoms. The van der Waals surface area contributed by atoms with Gasteiger partial charge in [0, 0.05) is 26.3 Å². The molecule has 1 amide bonds. The van der Waals surface area contributed by atoms with E-state index in [4.69, 9.17) is 9.47 Å². The third kappa shape index (κ3) is 2.68. The quantitative estimate of drug-likeness (QED) is 0.816. The van der Waals surface area contributed by atoms with Crippen molar-refractivity contribution in [2.75, 3.05) is 27.4 Å². The molecule has 0 unspecified atom stereocenters. The molecule has 1 N–H and O–H groups in total. The lowest BCUT2D eigenvalue weighted by Gasteiger charge is -2.04. The molecule has 0 saturated carbocycles. The van der Waals surface area contributed by atoms with E-state index >= 15 is 0 Å². The average Bonchev–Trinajstić information content (AvgIpc) is 2.73. The number of rotatable bonds is 5. The van der Waals surface area contributed by atoms with Crippen LogP contribution in [-0.4, -0.2) is 43.1 Å². The zero-order valence-electron chi connectivity index (χ0n) is 11.3. The van der Waals surface area contributed by atoms with Gasteiger partial charge >= 0.3 is 0 Å². The lowest BCUT2D eigenvalue weighted by atomic mass is 10.1. The number of methoxy groups -OCH3 is 2. The van der Waals surface area contributed by atoms with Gasteiger partial charge in [-0.2, -0.15) is 5.10 Å². The predicted octanol–water partition coefficient (Wildman–Crippen LogP) is 0.958. The van der Waals surface area contributed by atoms with Crippen LogP contribution in [0.2, 0.25) is 0 Å². The molecule has 0 radical (unpaired) electrons. The molecule has 1 aromatic heterocycles. The minimum Gasteiger partial charge on any atom is -0.481 e. The number of aromatic nitrogens is 2. The van der Waals surface area contributed by atoms with Crippen LogP contribution >= 0.6 is 0 Å². The Morgan fingerprint density at radius 1 is 1.42 bits per heavy atom. The van der Waals surface area contributed by atoms with Crippen molar-refractivity contribution in [2.45, 2.75) is 0 Å². The second kappa shape index (κ2) is 5.71. The monoisotopic (exact) mass is 263 g/mol. The first-order valence-corrected chi connectivity index (χ1v) is 5.95. The molecule has 0 aliphatic carbocycles. The number of aryl methyl sites for hydroxylation is 1. The minimum atomic E-state index is -0.136. The van der Waals surface area contributed by atoms with Gasteiger partial charge in [0.05, 0.1) is 24.6 Å². The molecule has 102 valence electrons. The first-order valence-electron chi connectivity index (χ1n) is 5.95. The van der Waals surface area contributed by atoms with E-state index in [0.717, 1.165) is 10.9 Å². The van der Waals surface area contributed by atoms with Gasteiger partial charge in [0.1, 0.15) is 0 Å². The number of nitrogens with one attached hydrogen (secondary N) is 1. The van der Waals surface area contributed by atoms with Crippen molar-refractivity contribution in [2.24, 2.45) is 7.05 Å². The van der Waals surface area contributed by atoms with Gasteiger partial charge < -0.3 is 14.8 Å². The molecule has 1 aromatic carbocycles. The summed E-state index contributed by atoms with van der Waals surface area (Å²) in [5.74, 6) is 0.546. The molecular weight excluding hydrogens is 246 g/mol. The molecule has 0 aliphatic rings. The van der Waals surface area contributed by atoms with Gasteiger partial charge in [-0.05, 0) is 18.2 Å². The highest BCUT2D eigenvalue weighted by molar-refractivity contribution is 5.98. The molecule has 2 aromatic rings. The van der Waals surface area contributed by atoms with Gasteiger partial charge in [0.15, 0.2) is 0 Å². The number of carbonyl (C=O) groups excluding carboxylic acids is 1. The van der Waals surface area contributed by atoms with Gasteiger partial charge in [-0.3, -0.25) is 4.79 Å². The van der Waals surface area contributed by atoms with Crippen LogP contribution in [0.15, 0.2) is 18.2 Å². The Morgan fingerprint density at radius 2 is 2.21 bits per heavy atom. The molecule has 6 heteroatoms. The molecule has 6 nitrogen and oxygen atoms in total. The van der Waals surface area contributed by atoms with Crippen LogP contribution in [0.3, 0.4) is 0 Å². The first-order chi connectivity index (χ1) is 9.17. The molecule has 2 rings (SSSR count). The van der Waals surface area contributed by atoms with Crippen molar-refractivity contribution in [3.05, 3.63) is 23.8 Å². The smallest absolute Gasteiger partial charge is 0.251 e. The number of fused-ring (bicyclic) bond motifs is 1. The molecule has 0 bridgehead atoms. The molecular formula is C13H17N3O3. The molecule has 0 aliphatic heterocycles. The fourth-order valence-corrected chi connectivity index (χ4v) is 1.93. The van der Waals surface area contributed by atoms with E-state index < -0.39 is 0 Å². The number of hydrogen-bond donors (Lipinski definition) is 1. The highest BCUT2D eigenvalue weighted by Gasteiger charge is 2.12. The van der Waals surface area contributed by atoms with Crippen LogP contribution in [0.5, 0.6) is 5.88 Å². The Morgan fingerprint density at radius 3 is 2.89 bits per heavy atom. The van der Waals surface area contributed by atoms with Crippen molar-refractivity contribution in [3.8, 4) is 5.88 Å². The van der Waals surface area contributed by atoms with E-state index in [1.165, 1.54) is 0 Å². The zero-order valence-corrected chi connectivity index (χ0v) is 11.3. The summed E-state index contributed by atoms with van der Waals surface area (Å²) in [5.41, 5.74) is 1.31. The number of amides is 1. The van der Waals surface area contributed by atoms with Gasteiger partial charge in [0.25, 0.3) is 5.91 Å². The Balaban J connectivity index is 2.24. The summed E-state index contributed by atoms with van der Waals surface area (Å²) in [6.07, 6.45) is 0. The van der Waals surface area contributed by atoms with Crippen molar-refractivity contribution in [1.82, 2.24) is 15.1 Å². The van der Waals surface area contributed by atoms with Crippen molar-refractivity contribution in [3.63, 3.8) is 0 Å². The highest BCUT2D eigenvalue weighted by Crippen LogP contribution is 2.25. The van der Waals surface area contributed by atoms with Gasteiger partial charge in [0.2, 0.25) is 5.88 Å². The second-order valence-corrected chi connectivity index (χ2v) is 4.11. The molecule has 0 atom stereocenters. The van der Waals surface area contributed by atoms with E-state index in [1.54, 1.807) is 38.1 Å². The SMILES string of the molecule is COCCNC(=O)c1ccc2c(OC)n(C)nc2c1. The fraction of sp³-hybridized carbons (Fsp3) is 0.385. The number of carbonyl (C=O) groups is 1. The van der Waals surface area contributed by atoms with Crippen LogP contribution < -0.4 is 10.1 Å². The second-order valence-electron chi connectivity index (χ2n) is 4.11. The topological polar surface area (TPSA) is 65.4 Å². The van der Waals surface area contributed by atoms with Gasteiger partial charge in [-0.1, -0.05) is 0 Å². The van der Waals surface area contributed by atoms with Gasteiger partial charge in [-0.15, -0.1) is 0 Å². The Kier molecular flexibility index (Phi) is 4.01. The summed E-state index contributed by atoms with van der Waals surface area (Å²) in [7, 11) is 5.00. The maximum absolute atomic E-state index is 11.9. The summed E-state index contributed by atoms with van der Waals surface area (Å²) >= 11 is 0. The lowest BCUT2D eigenvalue weighted by Crippen LogP contribution is -2.26. The van der Waals surface area contributed by atoms with Crippen molar-refractivity contribution in [1.29, 1.82) is 0 Å². The third-order valence-corrected chi connectivity index (χ3v) is 2.83. The summed E-state index contributed by atoms with van der Waals surface area (Å²) in [6.45, 7) is 0.976. The molecule has 0 spiro atoms. The van der Waals surface area contributed by atoms with Crippen LogP contribution in [0.1, 0.15) is 10.4 Å². The summed E-state index contributed by atoms with van der Waals surface area (Å²) in [5, 5.41) is 7.97. The lowest BCUT2D eigenvalue weighted by molar-refractivity contribution is 0.0937. The Labute approximate surface area is 111 Å². The maximum Gasteiger partial charge on any atom is 0.251 e. The summed E-state index contributed by atoms with van der Waals surface area (Å²) in [4.78, 5) is 11.9. The van der Waals surface area contributed by atoms with E-state index in [-0.39, 0.29) is 5.91 Å². The van der Waals surface area contributed by atoms with Crippen molar-refractivity contribution < 1.29 is 14.3 Å². The van der Waals surface area contributed by atoms with Crippen LogP contribution in [0, 0.1) is 0 Å². The molecule has 1 heterocycles. The van der Waals surface area contributed by atoms with E-state index in [2.05, 4.69) is 10.4 Å². The van der Waals surface area contributed by atoms with E-state index in [0.29, 0.717) is 24.6 Å². The normalized spacial score (nSPS) is 10.7. The maximum atomic E-state index is 11.9. The van der Waals surface area contributed by atoms with E-state index in [9.17, 15) is 4.79 Å².